The number of anilines is 1. The molecule has 4 N–H and O–H groups in total. The van der Waals surface area contributed by atoms with Gasteiger partial charge in [0.25, 0.3) is 5.91 Å². The normalized spacial score (nSPS) is 10.9. The number of benzene rings is 2. The summed E-state index contributed by atoms with van der Waals surface area (Å²) in [7, 11) is 1.56. The lowest BCUT2D eigenvalue weighted by Gasteiger charge is -2.09. The van der Waals surface area contributed by atoms with Crippen molar-refractivity contribution in [2.45, 2.75) is 13.2 Å². The molecule has 0 saturated carbocycles. The fourth-order valence-corrected chi connectivity index (χ4v) is 2.57. The van der Waals surface area contributed by atoms with Crippen LogP contribution in [0.1, 0.15) is 21.7 Å². The van der Waals surface area contributed by atoms with Gasteiger partial charge in [-0.3, -0.25) is 9.89 Å². The molecule has 152 valence electrons. The van der Waals surface area contributed by atoms with E-state index in [1.807, 2.05) is 0 Å². The number of hydrogen-bond acceptors (Lipinski definition) is 6. The first-order valence-electron chi connectivity index (χ1n) is 8.99. The number of H-pyrrole nitrogens is 1. The van der Waals surface area contributed by atoms with Crippen LogP contribution in [-0.4, -0.2) is 41.4 Å². The molecule has 0 unspecified atom stereocenters. The largest absolute Gasteiger partial charge is 0.382 e. The second-order valence-corrected chi connectivity index (χ2v) is 6.19. The van der Waals surface area contributed by atoms with Crippen molar-refractivity contribution < 1.29 is 18.7 Å². The zero-order valence-corrected chi connectivity index (χ0v) is 15.9. The minimum atomic E-state index is -0.424. The summed E-state index contributed by atoms with van der Waals surface area (Å²) >= 11 is 0. The van der Waals surface area contributed by atoms with Crippen LogP contribution in [0.3, 0.4) is 0 Å². The summed E-state index contributed by atoms with van der Waals surface area (Å²) in [6, 6.07) is 11.2. The van der Waals surface area contributed by atoms with Crippen molar-refractivity contribution in [3.05, 3.63) is 65.2 Å². The molecular weight excluding hydrogens is 377 g/mol. The Balaban J connectivity index is 1.65. The number of nitrogens with zero attached hydrogens (tertiary/aromatic N) is 2. The predicted molar refractivity (Wildman–Crippen MR) is 106 cm³/mol. The molecule has 2 aromatic carbocycles. The van der Waals surface area contributed by atoms with Gasteiger partial charge in [0.05, 0.1) is 26.4 Å². The van der Waals surface area contributed by atoms with Crippen molar-refractivity contribution in [3.8, 4) is 11.4 Å². The third-order valence-corrected chi connectivity index (χ3v) is 4.12. The van der Waals surface area contributed by atoms with Crippen molar-refractivity contribution in [1.29, 1.82) is 0 Å². The third-order valence-electron chi connectivity index (χ3n) is 4.12. The van der Waals surface area contributed by atoms with Crippen molar-refractivity contribution in [2.75, 3.05) is 25.6 Å². The molecule has 1 heterocycles. The molecule has 0 aliphatic rings. The zero-order chi connectivity index (χ0) is 20.6. The molecule has 3 aromatic rings. The lowest BCUT2D eigenvalue weighted by molar-refractivity contribution is 0.0604. The number of aromatic amines is 1. The monoisotopic (exact) mass is 399 g/mol. The smallest absolute Gasteiger partial charge is 0.255 e. The molecule has 1 amide bonds. The van der Waals surface area contributed by atoms with Crippen molar-refractivity contribution in [2.24, 2.45) is 5.73 Å². The minimum Gasteiger partial charge on any atom is -0.382 e. The van der Waals surface area contributed by atoms with Gasteiger partial charge < -0.3 is 20.5 Å². The van der Waals surface area contributed by atoms with Crippen LogP contribution in [-0.2, 0) is 22.6 Å². The molecule has 9 heteroatoms. The number of nitrogens with one attached hydrogen (secondary N) is 2. The minimum absolute atomic E-state index is 0.0620. The molecule has 0 aliphatic heterocycles. The first-order chi connectivity index (χ1) is 14.1. The van der Waals surface area contributed by atoms with Crippen molar-refractivity contribution in [1.82, 2.24) is 15.2 Å². The quantitative estimate of drug-likeness (QED) is 0.476. The van der Waals surface area contributed by atoms with Gasteiger partial charge in [0.2, 0.25) is 0 Å². The maximum atomic E-state index is 13.9. The molecule has 0 spiro atoms. The van der Waals surface area contributed by atoms with E-state index in [1.54, 1.807) is 31.4 Å². The number of hydrogen-bond donors (Lipinski definition) is 3. The topological polar surface area (TPSA) is 115 Å². The molecule has 8 nitrogen and oxygen atoms in total. The van der Waals surface area contributed by atoms with Crippen LogP contribution in [0.15, 0.2) is 42.5 Å². The van der Waals surface area contributed by atoms with E-state index in [9.17, 15) is 9.18 Å². The highest BCUT2D eigenvalue weighted by molar-refractivity contribution is 6.04. The van der Waals surface area contributed by atoms with Crippen LogP contribution in [0, 0.1) is 5.82 Å². The third kappa shape index (κ3) is 5.44. The average molecular weight is 399 g/mol. The van der Waals surface area contributed by atoms with Gasteiger partial charge in [-0.25, -0.2) is 9.37 Å². The fraction of sp³-hybridized carbons (Fsp3) is 0.250. The van der Waals surface area contributed by atoms with E-state index < -0.39 is 5.82 Å². The molecule has 0 radical (unpaired) electrons. The van der Waals surface area contributed by atoms with Gasteiger partial charge in [0.15, 0.2) is 5.82 Å². The first-order valence-corrected chi connectivity index (χ1v) is 8.99. The van der Waals surface area contributed by atoms with Crippen molar-refractivity contribution in [3.63, 3.8) is 0 Å². The van der Waals surface area contributed by atoms with Gasteiger partial charge in [0, 0.05) is 29.5 Å². The van der Waals surface area contributed by atoms with Gasteiger partial charge in [-0.05, 0) is 42.5 Å². The highest BCUT2D eigenvalue weighted by atomic mass is 19.1. The Bertz CT molecular complexity index is 959. The summed E-state index contributed by atoms with van der Waals surface area (Å²) in [6.45, 7) is 1.10. The van der Waals surface area contributed by atoms with Crippen LogP contribution >= 0.6 is 0 Å². The Morgan fingerprint density at radius 2 is 2.00 bits per heavy atom. The Hall–Kier alpha value is -3.14. The van der Waals surface area contributed by atoms with Crippen LogP contribution in [0.5, 0.6) is 0 Å². The maximum Gasteiger partial charge on any atom is 0.255 e. The Morgan fingerprint density at radius 1 is 1.21 bits per heavy atom. The standard InChI is InChI=1S/C20H22FN5O3/c1-28-8-9-29-12-15-10-14(4-7-17(15)21)20(27)23-16-5-2-13(3-6-16)19-24-18(11-22)25-26-19/h2-7,10H,8-9,11-12,22H2,1H3,(H,23,27)(H,24,25,26). The van der Waals surface area contributed by atoms with E-state index in [0.717, 1.165) is 5.56 Å². The SMILES string of the molecule is COCCOCc1cc(C(=O)Nc2ccc(-c3n[nH]c(CN)n3)cc2)ccc1F. The van der Waals surface area contributed by atoms with Crippen LogP contribution < -0.4 is 11.1 Å². The number of ether oxygens (including phenoxy) is 2. The molecule has 0 saturated heterocycles. The number of amides is 1. The average Bonchev–Trinajstić information content (AvgIpc) is 3.22. The number of methoxy groups -OCH3 is 1. The Morgan fingerprint density at radius 3 is 2.69 bits per heavy atom. The summed E-state index contributed by atoms with van der Waals surface area (Å²) in [5.41, 5.74) is 7.54. The lowest BCUT2D eigenvalue weighted by atomic mass is 10.1. The summed E-state index contributed by atoms with van der Waals surface area (Å²) in [5, 5.41) is 9.63. The molecule has 0 atom stereocenters. The van der Waals surface area contributed by atoms with E-state index >= 15 is 0 Å². The van der Waals surface area contributed by atoms with Gasteiger partial charge in [-0.15, -0.1) is 0 Å². The van der Waals surface area contributed by atoms with E-state index in [1.165, 1.54) is 18.2 Å². The number of carbonyl (C=O) groups excluding carboxylic acids is 1. The molecule has 0 fully saturated rings. The molecule has 0 bridgehead atoms. The summed E-state index contributed by atoms with van der Waals surface area (Å²) in [6.07, 6.45) is 0. The molecule has 3 rings (SSSR count). The summed E-state index contributed by atoms with van der Waals surface area (Å²) in [4.78, 5) is 16.8. The zero-order valence-electron chi connectivity index (χ0n) is 15.9. The maximum absolute atomic E-state index is 13.9. The number of aromatic nitrogens is 3. The van der Waals surface area contributed by atoms with E-state index in [0.29, 0.717) is 41.7 Å². The van der Waals surface area contributed by atoms with Gasteiger partial charge in [0.1, 0.15) is 11.6 Å². The van der Waals surface area contributed by atoms with Crippen LogP contribution in [0.25, 0.3) is 11.4 Å². The van der Waals surface area contributed by atoms with E-state index in [2.05, 4.69) is 20.5 Å². The highest BCUT2D eigenvalue weighted by Crippen LogP contribution is 2.19. The van der Waals surface area contributed by atoms with E-state index in [4.69, 9.17) is 15.2 Å². The second kappa shape index (κ2) is 9.87. The van der Waals surface area contributed by atoms with Crippen molar-refractivity contribution >= 4 is 11.6 Å². The molecule has 0 aliphatic carbocycles. The Labute approximate surface area is 167 Å². The predicted octanol–water partition coefficient (Wildman–Crippen LogP) is 2.48. The number of nitrogens with two attached hydrogens (primary N) is 1. The molecular formula is C20H22FN5O3. The Kier molecular flexibility index (Phi) is 7.01. The number of rotatable bonds is 9. The fourth-order valence-electron chi connectivity index (χ4n) is 2.57. The van der Waals surface area contributed by atoms with Crippen LogP contribution in [0.4, 0.5) is 10.1 Å². The van der Waals surface area contributed by atoms with Gasteiger partial charge >= 0.3 is 0 Å². The van der Waals surface area contributed by atoms with E-state index in [-0.39, 0.29) is 19.1 Å². The van der Waals surface area contributed by atoms with Gasteiger partial charge in [-0.2, -0.15) is 5.10 Å². The lowest BCUT2D eigenvalue weighted by Crippen LogP contribution is -2.13. The summed E-state index contributed by atoms with van der Waals surface area (Å²) in [5.74, 6) is 0.349. The highest BCUT2D eigenvalue weighted by Gasteiger charge is 2.11. The molecule has 29 heavy (non-hydrogen) atoms. The summed E-state index contributed by atoms with van der Waals surface area (Å²) < 4.78 is 24.2. The first kappa shape index (κ1) is 20.6. The van der Waals surface area contributed by atoms with Gasteiger partial charge in [-0.1, -0.05) is 0 Å². The second-order valence-electron chi connectivity index (χ2n) is 6.19. The number of carbonyl (C=O) groups is 1. The van der Waals surface area contributed by atoms with Crippen LogP contribution in [0.2, 0.25) is 0 Å². The molecule has 1 aromatic heterocycles. The number of halogens is 1.